The molecule has 9 heteroatoms. The predicted octanol–water partition coefficient (Wildman–Crippen LogP) is 1.91. The first-order valence-electron chi connectivity index (χ1n) is 8.93. The van der Waals surface area contributed by atoms with Crippen molar-refractivity contribution in [1.82, 2.24) is 14.9 Å². The maximum absolute atomic E-state index is 13.6. The molecule has 0 saturated carbocycles. The second-order valence-electron chi connectivity index (χ2n) is 7.30. The minimum absolute atomic E-state index is 0.171. The summed E-state index contributed by atoms with van der Waals surface area (Å²) in [6.45, 7) is 0.621. The SMILES string of the molecule is N#Cc1cc(N2CC3(C2)OC2CCC(c4cc(F)cc(F)c4)N2C3=O)ncn1. The molecular formula is C19H15F2N5O2. The highest BCUT2D eigenvalue weighted by atomic mass is 19.1. The van der Waals surface area contributed by atoms with Crippen LogP contribution in [0.4, 0.5) is 14.6 Å². The first-order valence-corrected chi connectivity index (χ1v) is 8.93. The van der Waals surface area contributed by atoms with E-state index in [1.54, 1.807) is 11.0 Å². The zero-order chi connectivity index (χ0) is 19.5. The van der Waals surface area contributed by atoms with Crippen molar-refractivity contribution in [1.29, 1.82) is 5.26 Å². The normalized spacial score (nSPS) is 25.0. The largest absolute Gasteiger partial charge is 0.349 e. The molecule has 0 radical (unpaired) electrons. The summed E-state index contributed by atoms with van der Waals surface area (Å²) < 4.78 is 33.4. The van der Waals surface area contributed by atoms with E-state index in [0.29, 0.717) is 37.3 Å². The van der Waals surface area contributed by atoms with Gasteiger partial charge in [0.1, 0.15) is 41.8 Å². The molecule has 3 fully saturated rings. The van der Waals surface area contributed by atoms with Crippen LogP contribution in [-0.2, 0) is 9.53 Å². The molecule has 0 aliphatic carbocycles. The van der Waals surface area contributed by atoms with Gasteiger partial charge in [-0.05, 0) is 30.5 Å². The van der Waals surface area contributed by atoms with E-state index in [4.69, 9.17) is 10.00 Å². The summed E-state index contributed by atoms with van der Waals surface area (Å²) >= 11 is 0. The lowest BCUT2D eigenvalue weighted by atomic mass is 9.92. The van der Waals surface area contributed by atoms with Gasteiger partial charge in [-0.15, -0.1) is 0 Å². The van der Waals surface area contributed by atoms with Gasteiger partial charge in [-0.2, -0.15) is 5.26 Å². The lowest BCUT2D eigenvalue weighted by Gasteiger charge is -2.46. The van der Waals surface area contributed by atoms with E-state index < -0.39 is 29.5 Å². The molecule has 2 aromatic rings. The number of carbonyl (C=O) groups is 1. The summed E-state index contributed by atoms with van der Waals surface area (Å²) in [6, 6.07) is 6.48. The Morgan fingerprint density at radius 1 is 1.14 bits per heavy atom. The Morgan fingerprint density at radius 2 is 1.89 bits per heavy atom. The van der Waals surface area contributed by atoms with Crippen LogP contribution in [0.1, 0.15) is 30.1 Å². The third kappa shape index (κ3) is 2.45. The second kappa shape index (κ2) is 5.94. The molecule has 3 aliphatic heterocycles. The average Bonchev–Trinajstić information content (AvgIpc) is 3.18. The molecular weight excluding hydrogens is 368 g/mol. The van der Waals surface area contributed by atoms with Crippen molar-refractivity contribution >= 4 is 11.7 Å². The number of amides is 1. The van der Waals surface area contributed by atoms with Gasteiger partial charge in [0.05, 0.1) is 19.1 Å². The number of ether oxygens (including phenoxy) is 1. The summed E-state index contributed by atoms with van der Waals surface area (Å²) in [5.41, 5.74) is -0.287. The number of halogens is 2. The first kappa shape index (κ1) is 17.0. The molecule has 142 valence electrons. The molecule has 5 rings (SSSR count). The van der Waals surface area contributed by atoms with E-state index in [1.807, 2.05) is 11.0 Å². The quantitative estimate of drug-likeness (QED) is 0.788. The van der Waals surface area contributed by atoms with E-state index in [-0.39, 0.29) is 11.6 Å². The van der Waals surface area contributed by atoms with Crippen molar-refractivity contribution in [3.63, 3.8) is 0 Å². The van der Waals surface area contributed by atoms with Gasteiger partial charge in [0.15, 0.2) is 5.60 Å². The molecule has 1 amide bonds. The monoisotopic (exact) mass is 383 g/mol. The Labute approximate surface area is 159 Å². The Balaban J connectivity index is 1.37. The van der Waals surface area contributed by atoms with Crippen LogP contribution < -0.4 is 4.90 Å². The van der Waals surface area contributed by atoms with E-state index in [2.05, 4.69) is 9.97 Å². The standard InChI is InChI=1S/C19H15F2N5O2/c20-12-3-11(4-13(21)5-12)15-1-2-17-26(15)18(27)19(28-17)8-25(9-19)16-6-14(7-22)23-10-24-16/h3-6,10,15,17H,1-2,8-9H2. The molecule has 1 aromatic carbocycles. The third-order valence-corrected chi connectivity index (χ3v) is 5.57. The number of hydrogen-bond donors (Lipinski definition) is 0. The number of anilines is 1. The van der Waals surface area contributed by atoms with Gasteiger partial charge in [-0.1, -0.05) is 0 Å². The molecule has 0 N–H and O–H groups in total. The number of carbonyl (C=O) groups excluding carboxylic acids is 1. The lowest BCUT2D eigenvalue weighted by Crippen LogP contribution is -2.67. The van der Waals surface area contributed by atoms with Gasteiger partial charge in [0, 0.05) is 12.1 Å². The first-order chi connectivity index (χ1) is 13.5. The fraction of sp³-hybridized carbons (Fsp3) is 0.368. The van der Waals surface area contributed by atoms with Crippen LogP contribution in [0.3, 0.4) is 0 Å². The molecule has 7 nitrogen and oxygen atoms in total. The zero-order valence-electron chi connectivity index (χ0n) is 14.7. The number of nitrogens with zero attached hydrogens (tertiary/aromatic N) is 5. The van der Waals surface area contributed by atoms with Crippen molar-refractivity contribution < 1.29 is 18.3 Å². The molecule has 4 heterocycles. The van der Waals surface area contributed by atoms with Crippen molar-refractivity contribution in [3.8, 4) is 6.07 Å². The van der Waals surface area contributed by atoms with Crippen LogP contribution >= 0.6 is 0 Å². The van der Waals surface area contributed by atoms with Gasteiger partial charge < -0.3 is 14.5 Å². The Bertz CT molecular complexity index is 997. The molecule has 3 aliphatic rings. The third-order valence-electron chi connectivity index (χ3n) is 5.57. The van der Waals surface area contributed by atoms with Gasteiger partial charge in [0.25, 0.3) is 5.91 Å². The molecule has 1 spiro atoms. The van der Waals surface area contributed by atoms with Gasteiger partial charge in [0.2, 0.25) is 0 Å². The highest BCUT2D eigenvalue weighted by Gasteiger charge is 2.63. The molecule has 2 atom stereocenters. The van der Waals surface area contributed by atoms with Gasteiger partial charge >= 0.3 is 0 Å². The van der Waals surface area contributed by atoms with Crippen molar-refractivity contribution in [2.45, 2.75) is 30.7 Å². The highest BCUT2D eigenvalue weighted by molar-refractivity contribution is 5.91. The zero-order valence-corrected chi connectivity index (χ0v) is 14.7. The molecule has 28 heavy (non-hydrogen) atoms. The van der Waals surface area contributed by atoms with Crippen molar-refractivity contribution in [3.05, 3.63) is 53.5 Å². The average molecular weight is 383 g/mol. The van der Waals surface area contributed by atoms with Crippen molar-refractivity contribution in [2.75, 3.05) is 18.0 Å². The fourth-order valence-corrected chi connectivity index (χ4v) is 4.33. The van der Waals surface area contributed by atoms with Crippen LogP contribution in [0.5, 0.6) is 0 Å². The second-order valence-corrected chi connectivity index (χ2v) is 7.30. The molecule has 2 unspecified atom stereocenters. The smallest absolute Gasteiger partial charge is 0.261 e. The van der Waals surface area contributed by atoms with E-state index in [0.717, 1.165) is 6.07 Å². The molecule has 0 bridgehead atoms. The summed E-state index contributed by atoms with van der Waals surface area (Å²) in [5.74, 6) is -0.930. The minimum Gasteiger partial charge on any atom is -0.349 e. The highest BCUT2D eigenvalue weighted by Crippen LogP contribution is 2.47. The molecule has 3 saturated heterocycles. The number of hydrogen-bond acceptors (Lipinski definition) is 6. The van der Waals surface area contributed by atoms with Crippen molar-refractivity contribution in [2.24, 2.45) is 0 Å². The predicted molar refractivity (Wildman–Crippen MR) is 91.7 cm³/mol. The Kier molecular flexibility index (Phi) is 3.61. The number of nitriles is 1. The minimum atomic E-state index is -0.979. The summed E-state index contributed by atoms with van der Waals surface area (Å²) in [4.78, 5) is 24.6. The number of aromatic nitrogens is 2. The Morgan fingerprint density at radius 3 is 2.61 bits per heavy atom. The van der Waals surface area contributed by atoms with Crippen LogP contribution in [0.15, 0.2) is 30.6 Å². The topological polar surface area (TPSA) is 82.4 Å². The molecule has 1 aromatic heterocycles. The van der Waals surface area contributed by atoms with E-state index in [1.165, 1.54) is 18.5 Å². The van der Waals surface area contributed by atoms with E-state index >= 15 is 0 Å². The maximum Gasteiger partial charge on any atom is 0.261 e. The van der Waals surface area contributed by atoms with Crippen LogP contribution in [0.25, 0.3) is 0 Å². The van der Waals surface area contributed by atoms with E-state index in [9.17, 15) is 13.6 Å². The summed E-state index contributed by atoms with van der Waals surface area (Å²) in [5, 5.41) is 8.97. The van der Waals surface area contributed by atoms with Gasteiger partial charge in [-0.3, -0.25) is 4.79 Å². The lowest BCUT2D eigenvalue weighted by molar-refractivity contribution is -0.140. The maximum atomic E-state index is 13.6. The van der Waals surface area contributed by atoms with Crippen LogP contribution in [-0.4, -0.2) is 45.7 Å². The Hall–Kier alpha value is -3.12. The summed E-state index contributed by atoms with van der Waals surface area (Å²) in [6.07, 6.45) is 2.12. The van der Waals surface area contributed by atoms with Crippen LogP contribution in [0, 0.1) is 23.0 Å². The number of rotatable bonds is 2. The van der Waals surface area contributed by atoms with Crippen LogP contribution in [0.2, 0.25) is 0 Å². The summed E-state index contributed by atoms with van der Waals surface area (Å²) in [7, 11) is 0. The number of fused-ring (bicyclic) bond motifs is 1. The number of benzene rings is 1. The van der Waals surface area contributed by atoms with Gasteiger partial charge in [-0.25, -0.2) is 18.7 Å². The fourth-order valence-electron chi connectivity index (χ4n) is 4.33.